The van der Waals surface area contributed by atoms with Crippen molar-refractivity contribution in [2.24, 2.45) is 0 Å². The molecule has 1 unspecified atom stereocenters. The summed E-state index contributed by atoms with van der Waals surface area (Å²) in [6.45, 7) is -4.40. The molecule has 3 aromatic rings. The van der Waals surface area contributed by atoms with Crippen LogP contribution in [0, 0.1) is 0 Å². The lowest BCUT2D eigenvalue weighted by molar-refractivity contribution is -0.0497. The molecule has 0 bridgehead atoms. The number of halogens is 2. The molecule has 138 valence electrons. The van der Waals surface area contributed by atoms with Crippen LogP contribution in [0.2, 0.25) is 0 Å². The summed E-state index contributed by atoms with van der Waals surface area (Å²) in [6.07, 6.45) is 1.44. The predicted molar refractivity (Wildman–Crippen MR) is 90.2 cm³/mol. The van der Waals surface area contributed by atoms with Gasteiger partial charge < -0.3 is 19.2 Å². The molecule has 1 aromatic carbocycles. The molecule has 0 aliphatic carbocycles. The number of pyridine rings is 1. The van der Waals surface area contributed by atoms with Crippen LogP contribution in [0.4, 0.5) is 8.78 Å². The fourth-order valence-corrected chi connectivity index (χ4v) is 3.17. The van der Waals surface area contributed by atoms with E-state index in [0.29, 0.717) is 11.4 Å². The number of nitrogens with zero attached hydrogens (tertiary/aromatic N) is 2. The van der Waals surface area contributed by atoms with Crippen LogP contribution in [0.5, 0.6) is 17.2 Å². The van der Waals surface area contributed by atoms with Gasteiger partial charge in [-0.15, -0.1) is 0 Å². The second kappa shape index (κ2) is 7.65. The van der Waals surface area contributed by atoms with Crippen molar-refractivity contribution in [3.8, 4) is 17.2 Å². The standard InChI is InChI=1S/C16H15F2N3O4S/c1-23-13-5-6-19-12(14(13)24-2)8-26(22)16-20-10-4-3-9(25-15(17)18)7-11(10)21-16/h3-7,15H,8H2,1-2H3,(H,20,21)/i3D,4D,7D,15D. The Morgan fingerprint density at radius 2 is 2.19 bits per heavy atom. The molecule has 26 heavy (non-hydrogen) atoms. The first-order chi connectivity index (χ1) is 14.1. The van der Waals surface area contributed by atoms with E-state index in [9.17, 15) is 13.0 Å². The first-order valence-electron chi connectivity index (χ1n) is 9.08. The van der Waals surface area contributed by atoms with Gasteiger partial charge in [0.15, 0.2) is 18.0 Å². The fraction of sp³-hybridized carbons (Fsp3) is 0.250. The van der Waals surface area contributed by atoms with Gasteiger partial charge in [0.05, 0.1) is 51.6 Å². The highest BCUT2D eigenvalue weighted by Crippen LogP contribution is 2.30. The maximum absolute atomic E-state index is 12.9. The van der Waals surface area contributed by atoms with E-state index in [1.54, 1.807) is 6.07 Å². The molecule has 0 radical (unpaired) electrons. The van der Waals surface area contributed by atoms with E-state index in [-0.39, 0.29) is 27.7 Å². The Balaban J connectivity index is 2.03. The lowest BCUT2D eigenvalue weighted by Gasteiger charge is -2.10. The second-order valence-corrected chi connectivity index (χ2v) is 6.15. The number of alkyl halides is 2. The zero-order valence-electron chi connectivity index (χ0n) is 17.6. The molecule has 0 saturated carbocycles. The zero-order valence-corrected chi connectivity index (χ0v) is 14.4. The number of nitrogens with one attached hydrogen (secondary N) is 1. The number of rotatable bonds is 7. The topological polar surface area (TPSA) is 86.3 Å². The molecule has 10 heteroatoms. The fourth-order valence-electron chi connectivity index (χ4n) is 2.18. The number of hydrogen-bond acceptors (Lipinski definition) is 6. The molecular formula is C16H15F2N3O4S. The monoisotopic (exact) mass is 387 g/mol. The summed E-state index contributed by atoms with van der Waals surface area (Å²) in [4.78, 5) is 10.7. The molecule has 0 amide bonds. The van der Waals surface area contributed by atoms with Crippen molar-refractivity contribution in [2.45, 2.75) is 17.5 Å². The molecular weight excluding hydrogens is 368 g/mol. The van der Waals surface area contributed by atoms with Crippen LogP contribution in [0.3, 0.4) is 0 Å². The van der Waals surface area contributed by atoms with Gasteiger partial charge in [0, 0.05) is 18.3 Å². The molecule has 0 spiro atoms. The molecule has 3 rings (SSSR count). The van der Waals surface area contributed by atoms with Gasteiger partial charge in [-0.05, 0) is 12.1 Å². The summed E-state index contributed by atoms with van der Waals surface area (Å²) < 4.78 is 83.3. The van der Waals surface area contributed by atoms with Crippen molar-refractivity contribution in [2.75, 3.05) is 14.2 Å². The van der Waals surface area contributed by atoms with Gasteiger partial charge in [0.1, 0.15) is 5.75 Å². The summed E-state index contributed by atoms with van der Waals surface area (Å²) in [7, 11) is 0.970. The lowest BCUT2D eigenvalue weighted by Crippen LogP contribution is -2.04. The zero-order chi connectivity index (χ0) is 22.2. The summed E-state index contributed by atoms with van der Waals surface area (Å²) in [5, 5.41) is -0.159. The van der Waals surface area contributed by atoms with Crippen molar-refractivity contribution in [1.29, 1.82) is 0 Å². The number of aromatic amines is 1. The van der Waals surface area contributed by atoms with E-state index < -0.39 is 41.3 Å². The van der Waals surface area contributed by atoms with Crippen LogP contribution in [0.1, 0.15) is 11.2 Å². The normalized spacial score (nSPS) is 14.9. The third-order valence-corrected chi connectivity index (χ3v) is 4.40. The minimum Gasteiger partial charge on any atom is -0.493 e. The number of ether oxygens (including phenoxy) is 3. The van der Waals surface area contributed by atoms with Crippen LogP contribution in [0.15, 0.2) is 35.5 Å². The highest BCUT2D eigenvalue weighted by Gasteiger charge is 2.17. The van der Waals surface area contributed by atoms with E-state index in [1.807, 2.05) is 0 Å². The second-order valence-electron chi connectivity index (χ2n) is 4.78. The van der Waals surface area contributed by atoms with Crippen molar-refractivity contribution in [3.63, 3.8) is 0 Å². The highest BCUT2D eigenvalue weighted by molar-refractivity contribution is 7.84. The highest BCUT2D eigenvalue weighted by atomic mass is 32.2. The molecule has 1 N–H and O–H groups in total. The molecule has 0 aliphatic heterocycles. The maximum Gasteiger partial charge on any atom is 0.387 e. The number of aromatic nitrogens is 3. The first-order valence-corrected chi connectivity index (χ1v) is 8.39. The molecule has 7 nitrogen and oxygen atoms in total. The van der Waals surface area contributed by atoms with Crippen molar-refractivity contribution >= 4 is 21.8 Å². The van der Waals surface area contributed by atoms with Crippen molar-refractivity contribution < 1.29 is 32.7 Å². The minimum atomic E-state index is -4.40. The SMILES string of the molecule is [2H]c1c(OC([2H])(F)F)c([2H])c2[nH]c(S(=O)Cc3nccc(OC)c3OC)nc2c1[2H]. The van der Waals surface area contributed by atoms with Crippen LogP contribution < -0.4 is 14.2 Å². The molecule has 0 fully saturated rings. The maximum atomic E-state index is 12.9. The van der Waals surface area contributed by atoms with Gasteiger partial charge in [-0.3, -0.25) is 9.19 Å². The quantitative estimate of drug-likeness (QED) is 0.671. The first kappa shape index (κ1) is 13.5. The Morgan fingerprint density at radius 3 is 2.88 bits per heavy atom. The summed E-state index contributed by atoms with van der Waals surface area (Å²) in [5.74, 6) is -0.468. The Morgan fingerprint density at radius 1 is 1.38 bits per heavy atom. The number of H-pyrrole nitrogens is 1. The summed E-state index contributed by atoms with van der Waals surface area (Å²) >= 11 is 0. The smallest absolute Gasteiger partial charge is 0.387 e. The largest absolute Gasteiger partial charge is 0.493 e. The van der Waals surface area contributed by atoms with Gasteiger partial charge >= 0.3 is 6.59 Å². The van der Waals surface area contributed by atoms with Crippen LogP contribution in [0.25, 0.3) is 11.0 Å². The van der Waals surface area contributed by atoms with E-state index >= 15 is 0 Å². The molecule has 2 aromatic heterocycles. The average molecular weight is 387 g/mol. The minimum absolute atomic E-state index is 0.159. The number of fused-ring (bicyclic) bond motifs is 1. The average Bonchev–Trinajstić information content (AvgIpc) is 3.14. The Labute approximate surface area is 155 Å². The number of methoxy groups -OCH3 is 2. The van der Waals surface area contributed by atoms with Crippen LogP contribution in [-0.2, 0) is 16.6 Å². The van der Waals surface area contributed by atoms with Crippen molar-refractivity contribution in [3.05, 3.63) is 36.1 Å². The van der Waals surface area contributed by atoms with Gasteiger partial charge in [-0.25, -0.2) is 4.98 Å². The number of imidazole rings is 1. The number of benzene rings is 1. The van der Waals surface area contributed by atoms with E-state index in [0.717, 1.165) is 0 Å². The summed E-state index contributed by atoms with van der Waals surface area (Å²) in [6, 6.07) is -0.591. The van der Waals surface area contributed by atoms with Crippen molar-refractivity contribution in [1.82, 2.24) is 15.0 Å². The van der Waals surface area contributed by atoms with Crippen LogP contribution >= 0.6 is 0 Å². The van der Waals surface area contributed by atoms with Gasteiger partial charge in [-0.2, -0.15) is 8.78 Å². The third-order valence-electron chi connectivity index (χ3n) is 3.24. The number of hydrogen-bond donors (Lipinski definition) is 1. The lowest BCUT2D eigenvalue weighted by atomic mass is 10.3. The van der Waals surface area contributed by atoms with Gasteiger partial charge in [-0.1, -0.05) is 0 Å². The Hall–Kier alpha value is -2.75. The molecule has 0 aliphatic rings. The Kier molecular flexibility index (Phi) is 3.96. The van der Waals surface area contributed by atoms with E-state index in [4.69, 9.17) is 15.0 Å². The Bertz CT molecular complexity index is 1140. The molecule has 0 saturated heterocycles. The van der Waals surface area contributed by atoms with E-state index in [1.165, 1.54) is 20.4 Å². The predicted octanol–water partition coefficient (Wildman–Crippen LogP) is 2.88. The molecule has 1 atom stereocenters. The van der Waals surface area contributed by atoms with Gasteiger partial charge in [0.25, 0.3) is 0 Å². The van der Waals surface area contributed by atoms with E-state index in [2.05, 4.69) is 19.7 Å². The molecule has 2 heterocycles. The summed E-state index contributed by atoms with van der Waals surface area (Å²) in [5.41, 5.74) is -0.129. The third kappa shape index (κ3) is 3.74. The van der Waals surface area contributed by atoms with Gasteiger partial charge in [0.2, 0.25) is 0 Å². The van der Waals surface area contributed by atoms with Crippen LogP contribution in [-0.4, -0.2) is 40.0 Å².